The van der Waals surface area contributed by atoms with Crippen LogP contribution in [0.25, 0.3) is 11.3 Å². The summed E-state index contributed by atoms with van der Waals surface area (Å²) >= 11 is 5.26. The number of nitriles is 1. The number of alkyl halides is 3. The number of pyridine rings is 1. The fourth-order valence-electron chi connectivity index (χ4n) is 2.65. The Morgan fingerprint density at radius 2 is 1.85 bits per heavy atom. The molecule has 0 saturated heterocycles. The van der Waals surface area contributed by atoms with Gasteiger partial charge in [0, 0.05) is 12.1 Å². The lowest BCUT2D eigenvalue weighted by atomic mass is 10.0. The largest absolute Gasteiger partial charge is 0.417 e. The van der Waals surface area contributed by atoms with E-state index < -0.39 is 17.3 Å². The molecule has 2 aromatic carbocycles. The molecule has 0 N–H and O–H groups in total. The summed E-state index contributed by atoms with van der Waals surface area (Å²) in [4.78, 5) is 0. The van der Waals surface area contributed by atoms with Crippen molar-refractivity contribution in [2.24, 2.45) is 0 Å². The maximum Gasteiger partial charge on any atom is 0.417 e. The lowest BCUT2D eigenvalue weighted by Crippen LogP contribution is -2.15. The van der Waals surface area contributed by atoms with Gasteiger partial charge >= 0.3 is 6.18 Å². The monoisotopic (exact) mass is 368 g/mol. The van der Waals surface area contributed by atoms with Crippen molar-refractivity contribution >= 4 is 12.2 Å². The van der Waals surface area contributed by atoms with E-state index in [4.69, 9.17) is 12.2 Å². The Morgan fingerprint density at radius 1 is 1.12 bits per heavy atom. The fourth-order valence-corrected chi connectivity index (χ4v) is 2.97. The average molecular weight is 368 g/mol. The second-order valence-corrected chi connectivity index (χ2v) is 5.91. The Bertz CT molecular complexity index is 1020. The third kappa shape index (κ3) is 3.46. The van der Waals surface area contributed by atoms with Gasteiger partial charge in [-0.3, -0.25) is 0 Å². The van der Waals surface area contributed by atoms with Crippen molar-refractivity contribution in [1.82, 2.24) is 4.57 Å². The van der Waals surface area contributed by atoms with Gasteiger partial charge in [-0.2, -0.15) is 18.4 Å². The quantitative estimate of drug-likeness (QED) is 0.577. The SMILES string of the molecule is N#Cc1c(C(F)(F)F)cc(-c2cc#ccc2)n(Cc2ccccc2)c1=S. The molecule has 3 rings (SSSR count). The number of hydrogen-bond acceptors (Lipinski definition) is 2. The molecule has 0 atom stereocenters. The molecule has 0 unspecified atom stereocenters. The van der Waals surface area contributed by atoms with Crippen molar-refractivity contribution in [3.63, 3.8) is 0 Å². The van der Waals surface area contributed by atoms with Crippen molar-refractivity contribution in [3.05, 3.63) is 88.1 Å². The molecule has 0 spiro atoms. The van der Waals surface area contributed by atoms with Crippen molar-refractivity contribution in [2.75, 3.05) is 0 Å². The zero-order valence-electron chi connectivity index (χ0n) is 13.3. The van der Waals surface area contributed by atoms with E-state index in [1.807, 2.05) is 30.3 Å². The van der Waals surface area contributed by atoms with Gasteiger partial charge in [0.2, 0.25) is 0 Å². The summed E-state index contributed by atoms with van der Waals surface area (Å²) in [5.74, 6) is 0. The van der Waals surface area contributed by atoms with Gasteiger partial charge in [0.1, 0.15) is 10.7 Å². The van der Waals surface area contributed by atoms with Crippen LogP contribution in [0.4, 0.5) is 13.2 Å². The molecule has 1 heterocycles. The van der Waals surface area contributed by atoms with E-state index in [1.54, 1.807) is 22.8 Å². The van der Waals surface area contributed by atoms with Crippen molar-refractivity contribution < 1.29 is 13.2 Å². The van der Waals surface area contributed by atoms with Crippen molar-refractivity contribution in [1.29, 1.82) is 5.26 Å². The number of hydrogen-bond donors (Lipinski definition) is 0. The first-order valence-corrected chi connectivity index (χ1v) is 8.00. The Labute approximate surface area is 153 Å². The van der Waals surface area contributed by atoms with Crippen LogP contribution in [-0.2, 0) is 12.7 Å². The van der Waals surface area contributed by atoms with E-state index in [9.17, 15) is 18.4 Å². The fraction of sp³-hybridized carbons (Fsp3) is 0.100. The summed E-state index contributed by atoms with van der Waals surface area (Å²) in [5.41, 5.74) is 0.0759. The smallest absolute Gasteiger partial charge is 0.326 e. The van der Waals surface area contributed by atoms with Gasteiger partial charge in [-0.15, -0.1) is 0 Å². The molecular weight excluding hydrogens is 357 g/mol. The van der Waals surface area contributed by atoms with E-state index in [0.717, 1.165) is 11.6 Å². The molecule has 128 valence electrons. The summed E-state index contributed by atoms with van der Waals surface area (Å²) in [7, 11) is 0. The van der Waals surface area contributed by atoms with Gasteiger partial charge in [0.15, 0.2) is 0 Å². The van der Waals surface area contributed by atoms with E-state index in [1.165, 1.54) is 6.07 Å². The van der Waals surface area contributed by atoms with Crippen molar-refractivity contribution in [3.8, 4) is 17.3 Å². The topological polar surface area (TPSA) is 28.7 Å². The highest BCUT2D eigenvalue weighted by Crippen LogP contribution is 2.35. The van der Waals surface area contributed by atoms with Crippen LogP contribution in [0.2, 0.25) is 0 Å². The van der Waals surface area contributed by atoms with Crippen molar-refractivity contribution in [2.45, 2.75) is 12.7 Å². The van der Waals surface area contributed by atoms with Crippen LogP contribution in [0.1, 0.15) is 16.7 Å². The predicted octanol–water partition coefficient (Wildman–Crippen LogP) is 5.42. The van der Waals surface area contributed by atoms with Crippen LogP contribution in [0.3, 0.4) is 0 Å². The first kappa shape index (κ1) is 17.7. The molecule has 6 heteroatoms. The highest BCUT2D eigenvalue weighted by Gasteiger charge is 2.35. The molecule has 0 amide bonds. The second-order valence-electron chi connectivity index (χ2n) is 5.53. The zero-order valence-corrected chi connectivity index (χ0v) is 14.2. The van der Waals surface area contributed by atoms with Crippen LogP contribution in [0.5, 0.6) is 0 Å². The molecule has 1 aromatic heterocycles. The average Bonchev–Trinajstić information content (AvgIpc) is 2.63. The zero-order chi connectivity index (χ0) is 18.7. The maximum atomic E-state index is 13.4. The van der Waals surface area contributed by atoms with Crippen LogP contribution in [0.15, 0.2) is 54.6 Å². The number of aromatic nitrogens is 1. The molecule has 0 radical (unpaired) electrons. The van der Waals surface area contributed by atoms with Gasteiger partial charge in [-0.1, -0.05) is 54.7 Å². The molecule has 0 fully saturated rings. The first-order chi connectivity index (χ1) is 12.4. The van der Waals surface area contributed by atoms with Crippen LogP contribution in [0, 0.1) is 28.1 Å². The minimum absolute atomic E-state index is 0.144. The lowest BCUT2D eigenvalue weighted by Gasteiger charge is -2.19. The molecule has 0 aliphatic carbocycles. The van der Waals surface area contributed by atoms with Gasteiger partial charge in [-0.25, -0.2) is 0 Å². The minimum Gasteiger partial charge on any atom is -0.326 e. The second kappa shape index (κ2) is 7.03. The summed E-state index contributed by atoms with van der Waals surface area (Å²) in [6.45, 7) is 0.250. The summed E-state index contributed by atoms with van der Waals surface area (Å²) < 4.78 is 41.7. The lowest BCUT2D eigenvalue weighted by molar-refractivity contribution is -0.137. The predicted molar refractivity (Wildman–Crippen MR) is 93.6 cm³/mol. The van der Waals surface area contributed by atoms with Gasteiger partial charge < -0.3 is 4.57 Å². The van der Waals surface area contributed by atoms with Gasteiger partial charge in [0.25, 0.3) is 0 Å². The third-order valence-electron chi connectivity index (χ3n) is 3.85. The Balaban J connectivity index is 2.31. The van der Waals surface area contributed by atoms with E-state index in [0.29, 0.717) is 5.56 Å². The molecule has 26 heavy (non-hydrogen) atoms. The third-order valence-corrected chi connectivity index (χ3v) is 4.28. The Kier molecular flexibility index (Phi) is 4.79. The first-order valence-electron chi connectivity index (χ1n) is 7.59. The van der Waals surface area contributed by atoms with Gasteiger partial charge in [-0.05, 0) is 29.8 Å². The van der Waals surface area contributed by atoms with Crippen LogP contribution < -0.4 is 0 Å². The summed E-state index contributed by atoms with van der Waals surface area (Å²) in [6.07, 6.45) is -4.68. The van der Waals surface area contributed by atoms with E-state index in [2.05, 4.69) is 12.1 Å². The van der Waals surface area contributed by atoms with Crippen LogP contribution in [-0.4, -0.2) is 4.57 Å². The normalized spacial score (nSPS) is 10.8. The Morgan fingerprint density at radius 3 is 2.42 bits per heavy atom. The van der Waals surface area contributed by atoms with Crippen LogP contribution >= 0.6 is 12.2 Å². The standard InChI is InChI=1S/C20H11F3N2S/c21-20(22,23)17-11-18(15-9-5-2-6-10-15)25(19(26)16(17)12-24)13-14-7-3-1-4-8-14/h1,3-5,7-11H,13H2. The van der Waals surface area contributed by atoms with E-state index in [-0.39, 0.29) is 16.9 Å². The summed E-state index contributed by atoms with van der Waals surface area (Å²) in [6, 6.07) is 22.0. The molecule has 0 bridgehead atoms. The number of benzene rings is 1. The van der Waals surface area contributed by atoms with Gasteiger partial charge in [0.05, 0.1) is 16.8 Å². The summed E-state index contributed by atoms with van der Waals surface area (Å²) in [5, 5.41) is 9.27. The van der Waals surface area contributed by atoms with E-state index >= 15 is 0 Å². The molecule has 0 aliphatic heterocycles. The Hall–Kier alpha value is -3.09. The number of halogens is 3. The molecule has 0 saturated carbocycles. The highest BCUT2D eigenvalue weighted by atomic mass is 32.1. The maximum absolute atomic E-state index is 13.4. The minimum atomic E-state index is -4.68. The number of nitrogens with zero attached hydrogens (tertiary/aromatic N) is 2. The molecule has 3 aromatic rings. The molecular formula is C20H11F3N2S. The number of rotatable bonds is 3. The highest BCUT2D eigenvalue weighted by molar-refractivity contribution is 7.71. The molecule has 0 aliphatic rings. The molecule has 2 nitrogen and oxygen atoms in total.